The van der Waals surface area contributed by atoms with Crippen molar-refractivity contribution in [2.24, 2.45) is 0 Å². The molecule has 0 spiro atoms. The predicted molar refractivity (Wildman–Crippen MR) is 90.6 cm³/mol. The Bertz CT molecular complexity index is 552. The lowest BCUT2D eigenvalue weighted by Crippen LogP contribution is -2.45. The molecule has 0 aromatic heterocycles. The van der Waals surface area contributed by atoms with Gasteiger partial charge in [-0.3, -0.25) is 9.59 Å². The highest BCUT2D eigenvalue weighted by Crippen LogP contribution is 2.28. The Morgan fingerprint density at radius 3 is 2.48 bits per heavy atom. The van der Waals surface area contributed by atoms with E-state index in [-0.39, 0.29) is 30.6 Å². The molecule has 0 saturated carbocycles. The molecule has 2 N–H and O–H groups in total. The first-order valence-electron chi connectivity index (χ1n) is 8.05. The van der Waals surface area contributed by atoms with Crippen molar-refractivity contribution in [2.45, 2.75) is 39.4 Å². The Morgan fingerprint density at radius 1 is 1.17 bits per heavy atom. The van der Waals surface area contributed by atoms with E-state index in [0.29, 0.717) is 6.42 Å². The lowest BCUT2D eigenvalue weighted by atomic mass is 10.1. The zero-order chi connectivity index (χ0) is 16.8. The van der Waals surface area contributed by atoms with Crippen LogP contribution in [0.3, 0.4) is 0 Å². The molecular weight excluding hydrogens is 294 g/mol. The summed E-state index contributed by atoms with van der Waals surface area (Å²) in [5, 5.41) is 5.46. The molecule has 1 aliphatic heterocycles. The number of carbonyl (C=O) groups excluding carboxylic acids is 2. The van der Waals surface area contributed by atoms with Crippen molar-refractivity contribution in [2.75, 3.05) is 29.9 Å². The van der Waals surface area contributed by atoms with Crippen LogP contribution in [0, 0.1) is 0 Å². The van der Waals surface area contributed by atoms with Crippen molar-refractivity contribution in [3.8, 4) is 0 Å². The van der Waals surface area contributed by atoms with E-state index in [9.17, 15) is 9.59 Å². The van der Waals surface area contributed by atoms with Crippen molar-refractivity contribution in [1.29, 1.82) is 0 Å². The van der Waals surface area contributed by atoms with Gasteiger partial charge in [0.2, 0.25) is 11.8 Å². The van der Waals surface area contributed by atoms with Crippen LogP contribution < -0.4 is 15.5 Å². The van der Waals surface area contributed by atoms with Crippen molar-refractivity contribution in [1.82, 2.24) is 5.32 Å². The number of nitrogens with zero attached hydrogens (tertiary/aromatic N) is 1. The summed E-state index contributed by atoms with van der Waals surface area (Å²) in [6, 6.07) is 7.70. The number of nitrogens with one attached hydrogen (secondary N) is 2. The summed E-state index contributed by atoms with van der Waals surface area (Å²) in [4.78, 5) is 25.5. The molecule has 2 unspecified atom stereocenters. The van der Waals surface area contributed by atoms with Gasteiger partial charge >= 0.3 is 0 Å². The van der Waals surface area contributed by atoms with Gasteiger partial charge in [-0.25, -0.2) is 0 Å². The van der Waals surface area contributed by atoms with Gasteiger partial charge in [-0.15, -0.1) is 0 Å². The van der Waals surface area contributed by atoms with Crippen LogP contribution >= 0.6 is 0 Å². The molecule has 0 aliphatic carbocycles. The third-order valence-electron chi connectivity index (χ3n) is 3.71. The Labute approximate surface area is 137 Å². The molecule has 2 amide bonds. The molecular formula is C17H25N3O3. The Morgan fingerprint density at radius 2 is 1.83 bits per heavy atom. The number of ether oxygens (including phenoxy) is 1. The average Bonchev–Trinajstić information content (AvgIpc) is 2.52. The molecule has 0 bridgehead atoms. The number of para-hydroxylation sites is 2. The van der Waals surface area contributed by atoms with E-state index in [0.717, 1.165) is 24.5 Å². The highest BCUT2D eigenvalue weighted by Gasteiger charge is 2.24. The van der Waals surface area contributed by atoms with Crippen LogP contribution in [0.2, 0.25) is 0 Å². The van der Waals surface area contributed by atoms with E-state index < -0.39 is 0 Å². The van der Waals surface area contributed by atoms with Crippen LogP contribution in [0.4, 0.5) is 11.4 Å². The third kappa shape index (κ3) is 4.96. The maximum atomic E-state index is 12.0. The molecule has 23 heavy (non-hydrogen) atoms. The van der Waals surface area contributed by atoms with Crippen molar-refractivity contribution >= 4 is 23.2 Å². The molecule has 1 aromatic rings. The van der Waals surface area contributed by atoms with Crippen LogP contribution in [0.15, 0.2) is 24.3 Å². The number of benzene rings is 1. The quantitative estimate of drug-likeness (QED) is 0.868. The molecule has 6 nitrogen and oxygen atoms in total. The van der Waals surface area contributed by atoms with E-state index in [2.05, 4.69) is 15.5 Å². The smallest absolute Gasteiger partial charge is 0.243 e. The number of rotatable bonds is 5. The lowest BCUT2D eigenvalue weighted by Gasteiger charge is -2.37. The summed E-state index contributed by atoms with van der Waals surface area (Å²) in [7, 11) is 0. The fourth-order valence-electron chi connectivity index (χ4n) is 2.73. The average molecular weight is 319 g/mol. The number of amides is 2. The number of hydrogen-bond donors (Lipinski definition) is 2. The molecule has 6 heteroatoms. The van der Waals surface area contributed by atoms with E-state index in [1.807, 2.05) is 38.1 Å². The van der Waals surface area contributed by atoms with E-state index in [4.69, 9.17) is 4.74 Å². The number of morpholine rings is 1. The summed E-state index contributed by atoms with van der Waals surface area (Å²) in [5.41, 5.74) is 1.73. The van der Waals surface area contributed by atoms with Crippen LogP contribution in [0.25, 0.3) is 0 Å². The van der Waals surface area contributed by atoms with Crippen molar-refractivity contribution in [3.63, 3.8) is 0 Å². The summed E-state index contributed by atoms with van der Waals surface area (Å²) < 4.78 is 5.76. The highest BCUT2D eigenvalue weighted by atomic mass is 16.5. The maximum absolute atomic E-state index is 12.0. The molecule has 1 aliphatic rings. The van der Waals surface area contributed by atoms with Crippen LogP contribution in [-0.4, -0.2) is 43.7 Å². The van der Waals surface area contributed by atoms with Crippen molar-refractivity contribution < 1.29 is 14.3 Å². The lowest BCUT2D eigenvalue weighted by molar-refractivity contribution is -0.123. The van der Waals surface area contributed by atoms with Gasteiger partial charge in [-0.2, -0.15) is 0 Å². The second kappa shape index (κ2) is 7.97. The number of carbonyl (C=O) groups is 2. The van der Waals surface area contributed by atoms with Gasteiger partial charge in [-0.05, 0) is 26.0 Å². The summed E-state index contributed by atoms with van der Waals surface area (Å²) >= 11 is 0. The topological polar surface area (TPSA) is 70.7 Å². The first kappa shape index (κ1) is 17.3. The summed E-state index contributed by atoms with van der Waals surface area (Å²) in [5.74, 6) is -0.363. The molecule has 1 saturated heterocycles. The minimum absolute atomic E-state index is 0.0169. The van der Waals surface area contributed by atoms with Gasteiger partial charge in [0.25, 0.3) is 0 Å². The maximum Gasteiger partial charge on any atom is 0.243 e. The largest absolute Gasteiger partial charge is 0.372 e. The predicted octanol–water partition coefficient (Wildman–Crippen LogP) is 1.76. The Kier molecular flexibility index (Phi) is 5.98. The van der Waals surface area contributed by atoms with Crippen LogP contribution in [0.1, 0.15) is 27.2 Å². The standard InChI is InChI=1S/C17H25N3O3/c1-4-16(21)18-9-17(22)19-14-7-5-6-8-15(14)20-10-12(2)23-13(3)11-20/h5-8,12-13H,4,9-11H2,1-3H3,(H,18,21)(H,19,22). The first-order chi connectivity index (χ1) is 11.0. The monoisotopic (exact) mass is 319 g/mol. The minimum atomic E-state index is -0.228. The second-order valence-electron chi connectivity index (χ2n) is 5.86. The van der Waals surface area contributed by atoms with Gasteiger partial charge in [0.05, 0.1) is 30.1 Å². The molecule has 2 atom stereocenters. The molecule has 126 valence electrons. The Hall–Kier alpha value is -2.08. The molecule has 1 fully saturated rings. The highest BCUT2D eigenvalue weighted by molar-refractivity contribution is 5.97. The zero-order valence-corrected chi connectivity index (χ0v) is 14.0. The normalized spacial score (nSPS) is 20.9. The minimum Gasteiger partial charge on any atom is -0.372 e. The summed E-state index contributed by atoms with van der Waals surface area (Å²) in [6.07, 6.45) is 0.658. The van der Waals surface area contributed by atoms with Gasteiger partial charge < -0.3 is 20.3 Å². The zero-order valence-electron chi connectivity index (χ0n) is 14.0. The second-order valence-corrected chi connectivity index (χ2v) is 5.86. The Balaban J connectivity index is 2.05. The molecule has 2 rings (SSSR count). The van der Waals surface area contributed by atoms with Crippen LogP contribution in [0.5, 0.6) is 0 Å². The van der Waals surface area contributed by atoms with E-state index in [1.165, 1.54) is 0 Å². The van der Waals surface area contributed by atoms with Crippen molar-refractivity contribution in [3.05, 3.63) is 24.3 Å². The summed E-state index contributed by atoms with van der Waals surface area (Å²) in [6.45, 7) is 7.39. The van der Waals surface area contributed by atoms with E-state index in [1.54, 1.807) is 6.92 Å². The van der Waals surface area contributed by atoms with E-state index >= 15 is 0 Å². The number of hydrogen-bond acceptors (Lipinski definition) is 4. The molecule has 0 radical (unpaired) electrons. The third-order valence-corrected chi connectivity index (χ3v) is 3.71. The van der Waals surface area contributed by atoms with Crippen LogP contribution in [-0.2, 0) is 14.3 Å². The van der Waals surface area contributed by atoms with Gasteiger partial charge in [-0.1, -0.05) is 19.1 Å². The van der Waals surface area contributed by atoms with Gasteiger partial charge in [0.1, 0.15) is 0 Å². The molecule has 1 aromatic carbocycles. The van der Waals surface area contributed by atoms with Gasteiger partial charge in [0.15, 0.2) is 0 Å². The fourth-order valence-corrected chi connectivity index (χ4v) is 2.73. The number of anilines is 2. The van der Waals surface area contributed by atoms with Gasteiger partial charge in [0, 0.05) is 19.5 Å². The molecule has 1 heterocycles. The fraction of sp³-hybridized carbons (Fsp3) is 0.529. The first-order valence-corrected chi connectivity index (χ1v) is 8.05. The SMILES string of the molecule is CCC(=O)NCC(=O)Nc1ccccc1N1CC(C)OC(C)C1.